The molecule has 5 rings (SSSR count). The number of amides is 1. The number of anilines is 1. The molecule has 4 nitrogen and oxygen atoms in total. The van der Waals surface area contributed by atoms with Gasteiger partial charge in [-0.05, 0) is 55.5 Å². The fourth-order valence-electron chi connectivity index (χ4n) is 3.87. The lowest BCUT2D eigenvalue weighted by Crippen LogP contribution is -2.14. The standard InChI is InChI=1S/C29H22ClN3OS/c1-20-27(28(21-10-4-2-5-11-21)32-33(20)23-12-6-3-7-13-23)29(34)31-25-14-8-9-15-26(25)35-24-18-16-22(30)17-19-24/h2-19H,1H3,(H,31,34). The van der Waals surface area contributed by atoms with Crippen LogP contribution in [0.3, 0.4) is 0 Å². The summed E-state index contributed by atoms with van der Waals surface area (Å²) in [5.41, 5.74) is 4.50. The third-order valence-electron chi connectivity index (χ3n) is 5.57. The molecule has 6 heteroatoms. The third-order valence-corrected chi connectivity index (χ3v) is 6.90. The Bertz CT molecular complexity index is 1470. The van der Waals surface area contributed by atoms with Crippen molar-refractivity contribution in [2.75, 3.05) is 5.32 Å². The van der Waals surface area contributed by atoms with E-state index < -0.39 is 0 Å². The second kappa shape index (κ2) is 10.2. The van der Waals surface area contributed by atoms with Crippen molar-refractivity contribution in [1.82, 2.24) is 9.78 Å². The molecule has 0 bridgehead atoms. The highest BCUT2D eigenvalue weighted by Gasteiger charge is 2.24. The van der Waals surface area contributed by atoms with Gasteiger partial charge in [0.25, 0.3) is 5.91 Å². The van der Waals surface area contributed by atoms with Crippen LogP contribution in [-0.2, 0) is 0 Å². The first-order valence-corrected chi connectivity index (χ1v) is 12.3. The van der Waals surface area contributed by atoms with Crippen LogP contribution in [0.15, 0.2) is 119 Å². The van der Waals surface area contributed by atoms with E-state index in [1.54, 1.807) is 11.8 Å². The maximum atomic E-state index is 13.7. The number of rotatable bonds is 6. The zero-order valence-corrected chi connectivity index (χ0v) is 20.6. The van der Waals surface area contributed by atoms with Crippen molar-refractivity contribution in [1.29, 1.82) is 0 Å². The maximum Gasteiger partial charge on any atom is 0.259 e. The molecule has 0 aliphatic rings. The molecule has 172 valence electrons. The number of aromatic nitrogens is 2. The Kier molecular flexibility index (Phi) is 6.70. The molecule has 0 fully saturated rings. The zero-order valence-electron chi connectivity index (χ0n) is 19.0. The largest absolute Gasteiger partial charge is 0.321 e. The molecule has 5 aromatic rings. The minimum Gasteiger partial charge on any atom is -0.321 e. The smallest absolute Gasteiger partial charge is 0.259 e. The van der Waals surface area contributed by atoms with Crippen molar-refractivity contribution >= 4 is 35.0 Å². The predicted molar refractivity (Wildman–Crippen MR) is 144 cm³/mol. The topological polar surface area (TPSA) is 46.9 Å². The normalized spacial score (nSPS) is 10.8. The van der Waals surface area contributed by atoms with Gasteiger partial charge in [0, 0.05) is 20.4 Å². The molecule has 0 saturated heterocycles. The van der Waals surface area contributed by atoms with Gasteiger partial charge in [0.2, 0.25) is 0 Å². The molecule has 0 unspecified atom stereocenters. The lowest BCUT2D eigenvalue weighted by Gasteiger charge is -2.12. The molecule has 0 atom stereocenters. The fraction of sp³-hybridized carbons (Fsp3) is 0.0345. The lowest BCUT2D eigenvalue weighted by atomic mass is 10.1. The third kappa shape index (κ3) is 5.02. The summed E-state index contributed by atoms with van der Waals surface area (Å²) in [6.07, 6.45) is 0. The highest BCUT2D eigenvalue weighted by Crippen LogP contribution is 2.35. The Labute approximate surface area is 213 Å². The minimum atomic E-state index is -0.201. The van der Waals surface area contributed by atoms with Gasteiger partial charge < -0.3 is 5.32 Å². The number of hydrogen-bond acceptors (Lipinski definition) is 3. The highest BCUT2D eigenvalue weighted by atomic mass is 35.5. The maximum absolute atomic E-state index is 13.7. The van der Waals surface area contributed by atoms with E-state index in [2.05, 4.69) is 5.32 Å². The van der Waals surface area contributed by atoms with Gasteiger partial charge in [0.15, 0.2) is 0 Å². The van der Waals surface area contributed by atoms with Crippen LogP contribution in [0.25, 0.3) is 16.9 Å². The Balaban J connectivity index is 1.53. The first-order valence-electron chi connectivity index (χ1n) is 11.1. The summed E-state index contributed by atoms with van der Waals surface area (Å²) >= 11 is 7.61. The average Bonchev–Trinajstić information content (AvgIpc) is 3.25. The SMILES string of the molecule is Cc1c(C(=O)Nc2ccccc2Sc2ccc(Cl)cc2)c(-c2ccccc2)nn1-c1ccccc1. The summed E-state index contributed by atoms with van der Waals surface area (Å²) in [5, 5.41) is 8.67. The van der Waals surface area contributed by atoms with Crippen LogP contribution in [0.4, 0.5) is 5.69 Å². The number of hydrogen-bond donors (Lipinski definition) is 1. The summed E-state index contributed by atoms with van der Waals surface area (Å²) in [6, 6.07) is 35.1. The molecule has 0 radical (unpaired) electrons. The van der Waals surface area contributed by atoms with Crippen molar-refractivity contribution in [3.8, 4) is 16.9 Å². The number of carbonyl (C=O) groups excluding carboxylic acids is 1. The van der Waals surface area contributed by atoms with Gasteiger partial charge in [-0.3, -0.25) is 4.79 Å². The van der Waals surface area contributed by atoms with Gasteiger partial charge in [-0.25, -0.2) is 4.68 Å². The predicted octanol–water partition coefficient (Wildman–Crippen LogP) is 7.90. The van der Waals surface area contributed by atoms with E-state index in [0.717, 1.165) is 32.4 Å². The van der Waals surface area contributed by atoms with Crippen molar-refractivity contribution in [2.45, 2.75) is 16.7 Å². The van der Waals surface area contributed by atoms with Crippen LogP contribution in [0, 0.1) is 6.92 Å². The number of carbonyl (C=O) groups is 1. The highest BCUT2D eigenvalue weighted by molar-refractivity contribution is 7.99. The number of nitrogens with one attached hydrogen (secondary N) is 1. The van der Waals surface area contributed by atoms with Crippen LogP contribution >= 0.6 is 23.4 Å². The average molecular weight is 496 g/mol. The Morgan fingerprint density at radius 2 is 1.46 bits per heavy atom. The van der Waals surface area contributed by atoms with E-state index >= 15 is 0 Å². The minimum absolute atomic E-state index is 0.201. The second-order valence-corrected chi connectivity index (χ2v) is 9.48. The van der Waals surface area contributed by atoms with Crippen molar-refractivity contribution in [3.05, 3.63) is 125 Å². The van der Waals surface area contributed by atoms with Crippen molar-refractivity contribution in [2.24, 2.45) is 0 Å². The quantitative estimate of drug-likeness (QED) is 0.260. The second-order valence-electron chi connectivity index (χ2n) is 7.93. The molecule has 0 aliphatic heterocycles. The van der Waals surface area contributed by atoms with Crippen LogP contribution in [-0.4, -0.2) is 15.7 Å². The molecular formula is C29H22ClN3OS. The summed E-state index contributed by atoms with van der Waals surface area (Å²) in [7, 11) is 0. The fourth-order valence-corrected chi connectivity index (χ4v) is 4.89. The summed E-state index contributed by atoms with van der Waals surface area (Å²) < 4.78 is 1.83. The van der Waals surface area contributed by atoms with Crippen LogP contribution < -0.4 is 5.32 Å². The molecule has 0 saturated carbocycles. The van der Waals surface area contributed by atoms with Gasteiger partial charge in [0.1, 0.15) is 5.69 Å². The molecule has 0 aliphatic carbocycles. The van der Waals surface area contributed by atoms with E-state index in [4.69, 9.17) is 16.7 Å². The lowest BCUT2D eigenvalue weighted by molar-refractivity contribution is 0.102. The Morgan fingerprint density at radius 1 is 0.829 bits per heavy atom. The van der Waals surface area contributed by atoms with Crippen LogP contribution in [0.1, 0.15) is 16.1 Å². The Morgan fingerprint density at radius 3 is 2.17 bits per heavy atom. The molecule has 35 heavy (non-hydrogen) atoms. The monoisotopic (exact) mass is 495 g/mol. The van der Waals surface area contributed by atoms with E-state index in [9.17, 15) is 4.79 Å². The van der Waals surface area contributed by atoms with Gasteiger partial charge in [-0.15, -0.1) is 0 Å². The van der Waals surface area contributed by atoms with Crippen LogP contribution in [0.2, 0.25) is 5.02 Å². The first-order chi connectivity index (χ1) is 17.1. The molecule has 4 aromatic carbocycles. The van der Waals surface area contributed by atoms with Gasteiger partial charge >= 0.3 is 0 Å². The molecule has 1 N–H and O–H groups in total. The van der Waals surface area contributed by atoms with Crippen molar-refractivity contribution < 1.29 is 4.79 Å². The molecule has 1 amide bonds. The molecule has 1 aromatic heterocycles. The van der Waals surface area contributed by atoms with Gasteiger partial charge in [-0.1, -0.05) is 84.0 Å². The summed E-state index contributed by atoms with van der Waals surface area (Å²) in [5.74, 6) is -0.201. The van der Waals surface area contributed by atoms with Crippen molar-refractivity contribution in [3.63, 3.8) is 0 Å². The molecular weight excluding hydrogens is 474 g/mol. The van der Waals surface area contributed by atoms with Crippen LogP contribution in [0.5, 0.6) is 0 Å². The first kappa shape index (κ1) is 23.0. The van der Waals surface area contributed by atoms with E-state index in [0.29, 0.717) is 16.3 Å². The van der Waals surface area contributed by atoms with Gasteiger partial charge in [0.05, 0.1) is 22.6 Å². The number of halogens is 1. The van der Waals surface area contributed by atoms with E-state index in [-0.39, 0.29) is 5.91 Å². The zero-order chi connectivity index (χ0) is 24.2. The summed E-state index contributed by atoms with van der Waals surface area (Å²) in [6.45, 7) is 1.93. The molecule has 0 spiro atoms. The number of nitrogens with zero attached hydrogens (tertiary/aromatic N) is 2. The van der Waals surface area contributed by atoms with E-state index in [1.165, 1.54) is 0 Å². The van der Waals surface area contributed by atoms with E-state index in [1.807, 2.05) is 121 Å². The Hall–Kier alpha value is -3.80. The van der Waals surface area contributed by atoms with Gasteiger partial charge in [-0.2, -0.15) is 5.10 Å². The number of para-hydroxylation sites is 2. The molecule has 1 heterocycles. The number of benzene rings is 4. The summed E-state index contributed by atoms with van der Waals surface area (Å²) in [4.78, 5) is 15.7.